The Balaban J connectivity index is 2.95. The number of nitrogens with zero attached hydrogens (tertiary/aromatic N) is 2. The summed E-state index contributed by atoms with van der Waals surface area (Å²) in [7, 11) is 0. The van der Waals surface area contributed by atoms with Gasteiger partial charge in [-0.1, -0.05) is 0 Å². The molecule has 1 aromatic rings. The second-order valence-electron chi connectivity index (χ2n) is 2.25. The molecule has 0 amide bonds. The summed E-state index contributed by atoms with van der Waals surface area (Å²) in [6, 6.07) is 1.32. The fraction of sp³-hybridized carbons (Fsp3) is 0.286. The van der Waals surface area contributed by atoms with Gasteiger partial charge in [-0.3, -0.25) is 14.2 Å². The Morgan fingerprint density at radius 2 is 2.45 bits per heavy atom. The Bertz CT molecular complexity index is 316. The molecule has 0 atom stereocenters. The second kappa shape index (κ2) is 3.09. The lowest BCUT2D eigenvalue weighted by Gasteiger charge is -1.98. The highest BCUT2D eigenvalue weighted by Crippen LogP contribution is 1.78. The predicted molar refractivity (Wildman–Crippen MR) is 39.2 cm³/mol. The average molecular weight is 152 g/mol. The van der Waals surface area contributed by atoms with E-state index in [1.165, 1.54) is 30.1 Å². The maximum atomic E-state index is 10.9. The van der Waals surface area contributed by atoms with Gasteiger partial charge in [0.1, 0.15) is 5.78 Å². The van der Waals surface area contributed by atoms with E-state index in [0.717, 1.165) is 0 Å². The second-order valence-corrected chi connectivity index (χ2v) is 2.25. The summed E-state index contributed by atoms with van der Waals surface area (Å²) in [5.74, 6) is -0.0555. The first-order valence-corrected chi connectivity index (χ1v) is 3.20. The van der Waals surface area contributed by atoms with Gasteiger partial charge in [0.15, 0.2) is 0 Å². The van der Waals surface area contributed by atoms with Crippen LogP contribution in [-0.4, -0.2) is 15.3 Å². The van der Waals surface area contributed by atoms with Gasteiger partial charge in [-0.2, -0.15) is 0 Å². The number of carbonyl (C=O) groups excluding carboxylic acids is 1. The van der Waals surface area contributed by atoms with Gasteiger partial charge < -0.3 is 0 Å². The van der Waals surface area contributed by atoms with Crippen molar-refractivity contribution < 1.29 is 4.79 Å². The third-order valence-corrected chi connectivity index (χ3v) is 1.19. The van der Waals surface area contributed by atoms with Crippen molar-refractivity contribution in [1.82, 2.24) is 9.55 Å². The SMILES string of the molecule is CC(=O)Cn1cnccc1=O. The highest BCUT2D eigenvalue weighted by Gasteiger charge is 1.96. The highest BCUT2D eigenvalue weighted by atomic mass is 16.1. The Hall–Kier alpha value is -1.45. The van der Waals surface area contributed by atoms with E-state index in [4.69, 9.17) is 0 Å². The quantitative estimate of drug-likeness (QED) is 0.591. The van der Waals surface area contributed by atoms with Crippen LogP contribution in [0.1, 0.15) is 6.92 Å². The van der Waals surface area contributed by atoms with E-state index in [0.29, 0.717) is 0 Å². The molecule has 58 valence electrons. The number of Topliss-reactive ketones (excluding diaryl/α,β-unsaturated/α-hetero) is 1. The van der Waals surface area contributed by atoms with Gasteiger partial charge >= 0.3 is 0 Å². The van der Waals surface area contributed by atoms with E-state index in [1.807, 2.05) is 0 Å². The molecule has 11 heavy (non-hydrogen) atoms. The van der Waals surface area contributed by atoms with Crippen molar-refractivity contribution in [3.05, 3.63) is 28.9 Å². The molecule has 0 saturated carbocycles. The van der Waals surface area contributed by atoms with Crippen LogP contribution in [0.5, 0.6) is 0 Å². The molecule has 0 unspecified atom stereocenters. The molecule has 4 heteroatoms. The molecule has 0 aliphatic rings. The number of ketones is 1. The average Bonchev–Trinajstić information content (AvgIpc) is 1.93. The summed E-state index contributed by atoms with van der Waals surface area (Å²) in [5, 5.41) is 0. The summed E-state index contributed by atoms with van der Waals surface area (Å²) in [6.45, 7) is 1.53. The summed E-state index contributed by atoms with van der Waals surface area (Å²) in [6.07, 6.45) is 2.75. The Morgan fingerprint density at radius 3 is 3.00 bits per heavy atom. The van der Waals surface area contributed by atoms with Crippen molar-refractivity contribution in [2.24, 2.45) is 0 Å². The summed E-state index contributed by atoms with van der Waals surface area (Å²) in [5.41, 5.74) is -0.199. The first kappa shape index (κ1) is 7.65. The number of hydrogen-bond donors (Lipinski definition) is 0. The fourth-order valence-corrected chi connectivity index (χ4v) is 0.737. The van der Waals surface area contributed by atoms with Crippen molar-refractivity contribution in [1.29, 1.82) is 0 Å². The normalized spacial score (nSPS) is 9.55. The monoisotopic (exact) mass is 152 g/mol. The van der Waals surface area contributed by atoms with Gasteiger partial charge in [-0.15, -0.1) is 0 Å². The zero-order valence-electron chi connectivity index (χ0n) is 6.15. The van der Waals surface area contributed by atoms with E-state index in [-0.39, 0.29) is 17.9 Å². The zero-order valence-corrected chi connectivity index (χ0v) is 6.15. The van der Waals surface area contributed by atoms with Crippen molar-refractivity contribution in [3.8, 4) is 0 Å². The van der Waals surface area contributed by atoms with Crippen LogP contribution in [0.2, 0.25) is 0 Å². The summed E-state index contributed by atoms with van der Waals surface area (Å²) < 4.78 is 1.27. The molecule has 0 saturated heterocycles. The van der Waals surface area contributed by atoms with Gasteiger partial charge in [0.25, 0.3) is 5.56 Å². The Morgan fingerprint density at radius 1 is 1.73 bits per heavy atom. The van der Waals surface area contributed by atoms with Crippen LogP contribution < -0.4 is 5.56 Å². The van der Waals surface area contributed by atoms with Crippen LogP contribution in [0.4, 0.5) is 0 Å². The van der Waals surface area contributed by atoms with Crippen LogP contribution in [-0.2, 0) is 11.3 Å². The lowest BCUT2D eigenvalue weighted by Crippen LogP contribution is -2.21. The number of hydrogen-bond acceptors (Lipinski definition) is 3. The van der Waals surface area contributed by atoms with Crippen molar-refractivity contribution in [2.75, 3.05) is 0 Å². The molecular weight excluding hydrogens is 144 g/mol. The molecule has 0 aromatic carbocycles. The third-order valence-electron chi connectivity index (χ3n) is 1.19. The van der Waals surface area contributed by atoms with Gasteiger partial charge in [0.05, 0.1) is 12.9 Å². The van der Waals surface area contributed by atoms with E-state index in [1.54, 1.807) is 0 Å². The molecule has 0 spiro atoms. The van der Waals surface area contributed by atoms with Crippen LogP contribution >= 0.6 is 0 Å². The van der Waals surface area contributed by atoms with Crippen molar-refractivity contribution in [3.63, 3.8) is 0 Å². The topological polar surface area (TPSA) is 52.0 Å². The fourth-order valence-electron chi connectivity index (χ4n) is 0.737. The van der Waals surface area contributed by atoms with Gasteiger partial charge in [0, 0.05) is 12.3 Å². The van der Waals surface area contributed by atoms with E-state index >= 15 is 0 Å². The molecule has 0 N–H and O–H groups in total. The number of aromatic nitrogens is 2. The maximum absolute atomic E-state index is 10.9. The minimum Gasteiger partial charge on any atom is -0.298 e. The smallest absolute Gasteiger partial charge is 0.253 e. The molecule has 0 fully saturated rings. The molecule has 0 aliphatic carbocycles. The first-order valence-electron chi connectivity index (χ1n) is 3.20. The molecule has 1 heterocycles. The molecule has 1 aromatic heterocycles. The lowest BCUT2D eigenvalue weighted by molar-refractivity contribution is -0.117. The van der Waals surface area contributed by atoms with Crippen LogP contribution in [0, 0.1) is 0 Å². The van der Waals surface area contributed by atoms with Crippen LogP contribution in [0.3, 0.4) is 0 Å². The molecular formula is C7H8N2O2. The maximum Gasteiger partial charge on any atom is 0.253 e. The summed E-state index contributed by atoms with van der Waals surface area (Å²) in [4.78, 5) is 25.2. The standard InChI is InChI=1S/C7H8N2O2/c1-6(10)4-9-5-8-3-2-7(9)11/h2-3,5H,4H2,1H3. The first-order chi connectivity index (χ1) is 5.20. The molecule has 0 radical (unpaired) electrons. The van der Waals surface area contributed by atoms with Gasteiger partial charge in [0.2, 0.25) is 0 Å². The lowest BCUT2D eigenvalue weighted by atomic mass is 10.4. The van der Waals surface area contributed by atoms with Gasteiger partial charge in [-0.05, 0) is 6.92 Å². The molecule has 4 nitrogen and oxygen atoms in total. The molecule has 0 aliphatic heterocycles. The Kier molecular flexibility index (Phi) is 2.15. The molecule has 0 bridgehead atoms. The highest BCUT2D eigenvalue weighted by molar-refractivity contribution is 5.75. The van der Waals surface area contributed by atoms with Crippen LogP contribution in [0.25, 0.3) is 0 Å². The van der Waals surface area contributed by atoms with Crippen molar-refractivity contribution in [2.45, 2.75) is 13.5 Å². The van der Waals surface area contributed by atoms with E-state index < -0.39 is 0 Å². The largest absolute Gasteiger partial charge is 0.298 e. The Labute approximate surface area is 63.5 Å². The minimum atomic E-state index is -0.199. The summed E-state index contributed by atoms with van der Waals surface area (Å²) >= 11 is 0. The zero-order chi connectivity index (χ0) is 8.27. The van der Waals surface area contributed by atoms with Crippen molar-refractivity contribution >= 4 is 5.78 Å². The van der Waals surface area contributed by atoms with E-state index in [9.17, 15) is 9.59 Å². The molecule has 1 rings (SSSR count). The third kappa shape index (κ3) is 2.00. The van der Waals surface area contributed by atoms with E-state index in [2.05, 4.69) is 4.98 Å². The number of rotatable bonds is 2. The van der Waals surface area contributed by atoms with Gasteiger partial charge in [-0.25, -0.2) is 4.98 Å². The predicted octanol–water partition coefficient (Wildman–Crippen LogP) is -0.168. The number of carbonyl (C=O) groups is 1. The minimum absolute atomic E-state index is 0.0555. The van der Waals surface area contributed by atoms with Crippen LogP contribution in [0.15, 0.2) is 23.4 Å².